The van der Waals surface area contributed by atoms with Crippen molar-refractivity contribution >= 4 is 0 Å². The van der Waals surface area contributed by atoms with E-state index in [1.165, 1.54) is 0 Å². The molecule has 0 aliphatic heterocycles. The molecule has 2 aromatic carbocycles. The van der Waals surface area contributed by atoms with Crippen LogP contribution in [0.15, 0.2) is 48.5 Å². The first-order chi connectivity index (χ1) is 11.4. The summed E-state index contributed by atoms with van der Waals surface area (Å²) >= 11 is 0. The molecule has 2 aromatic rings. The van der Waals surface area contributed by atoms with E-state index < -0.39 is 0 Å². The summed E-state index contributed by atoms with van der Waals surface area (Å²) < 4.78 is 0. The lowest BCUT2D eigenvalue weighted by Gasteiger charge is -2.40. The van der Waals surface area contributed by atoms with E-state index in [4.69, 9.17) is 0 Å². The van der Waals surface area contributed by atoms with Gasteiger partial charge in [-0.25, -0.2) is 0 Å². The molecule has 0 aromatic heterocycles. The highest BCUT2D eigenvalue weighted by Gasteiger charge is 2.37. The molecule has 0 aliphatic rings. The minimum absolute atomic E-state index is 0.277. The van der Waals surface area contributed by atoms with Gasteiger partial charge < -0.3 is 15.1 Å². The zero-order chi connectivity index (χ0) is 17.7. The van der Waals surface area contributed by atoms with Crippen LogP contribution in [0.4, 0.5) is 0 Å². The van der Waals surface area contributed by atoms with Crippen LogP contribution in [0.25, 0.3) is 0 Å². The fourth-order valence-corrected chi connectivity index (χ4v) is 3.65. The molecule has 0 bridgehead atoms. The highest BCUT2D eigenvalue weighted by molar-refractivity contribution is 5.44. The first-order valence-corrected chi connectivity index (χ1v) is 8.61. The van der Waals surface area contributed by atoms with Gasteiger partial charge in [-0.2, -0.15) is 0 Å². The van der Waals surface area contributed by atoms with Crippen molar-refractivity contribution in [2.24, 2.45) is 5.92 Å². The number of hydrogen-bond donors (Lipinski definition) is 2. The number of phenolic OH excluding ortho intramolecular Hbond substituents is 2. The van der Waals surface area contributed by atoms with Crippen LogP contribution in [0.3, 0.4) is 0 Å². The summed E-state index contributed by atoms with van der Waals surface area (Å²) in [5.74, 6) is 0.916. The fourth-order valence-electron chi connectivity index (χ4n) is 3.65. The Hall–Kier alpha value is -2.00. The van der Waals surface area contributed by atoms with E-state index in [0.717, 1.165) is 30.5 Å². The van der Waals surface area contributed by atoms with Crippen LogP contribution in [0.5, 0.6) is 11.5 Å². The van der Waals surface area contributed by atoms with E-state index in [1.807, 2.05) is 24.3 Å². The predicted molar refractivity (Wildman–Crippen MR) is 99.6 cm³/mol. The van der Waals surface area contributed by atoms with Crippen LogP contribution in [0.1, 0.15) is 37.8 Å². The Morgan fingerprint density at radius 1 is 0.958 bits per heavy atom. The second-order valence-electron chi connectivity index (χ2n) is 7.05. The molecule has 2 N–H and O–H groups in total. The van der Waals surface area contributed by atoms with Crippen molar-refractivity contribution < 1.29 is 10.2 Å². The molecular weight excluding hydrogens is 298 g/mol. The Labute approximate surface area is 145 Å². The molecule has 2 rings (SSSR count). The zero-order valence-corrected chi connectivity index (χ0v) is 15.2. The highest BCUT2D eigenvalue weighted by Crippen LogP contribution is 2.43. The molecule has 0 amide bonds. The molecule has 24 heavy (non-hydrogen) atoms. The van der Waals surface area contributed by atoms with Gasteiger partial charge in [0.05, 0.1) is 0 Å². The van der Waals surface area contributed by atoms with Gasteiger partial charge in [0, 0.05) is 12.0 Å². The van der Waals surface area contributed by atoms with E-state index in [-0.39, 0.29) is 16.9 Å². The summed E-state index contributed by atoms with van der Waals surface area (Å²) in [6.45, 7) is 5.37. The van der Waals surface area contributed by atoms with E-state index >= 15 is 0 Å². The standard InChI is InChI=1S/C21H29NO2/c1-5-8-18(15-22(3)4)21(2,16-9-6-11-19(23)13-16)17-10-7-12-20(24)14-17/h6-7,9-14,18,23-24H,5,8,15H2,1-4H3. The topological polar surface area (TPSA) is 43.7 Å². The Kier molecular flexibility index (Phi) is 5.89. The van der Waals surface area contributed by atoms with Gasteiger partial charge in [-0.3, -0.25) is 0 Å². The molecule has 0 heterocycles. The van der Waals surface area contributed by atoms with E-state index in [1.54, 1.807) is 12.1 Å². The van der Waals surface area contributed by atoms with Crippen LogP contribution in [-0.2, 0) is 5.41 Å². The maximum Gasteiger partial charge on any atom is 0.115 e. The summed E-state index contributed by atoms with van der Waals surface area (Å²) in [7, 11) is 4.18. The first-order valence-electron chi connectivity index (χ1n) is 8.61. The third-order valence-electron chi connectivity index (χ3n) is 4.93. The SMILES string of the molecule is CCCC(CN(C)C)C(C)(c1cccc(O)c1)c1cccc(O)c1. The van der Waals surface area contributed by atoms with Crippen molar-refractivity contribution in [3.05, 3.63) is 59.7 Å². The smallest absolute Gasteiger partial charge is 0.115 e. The third kappa shape index (κ3) is 3.90. The van der Waals surface area contributed by atoms with E-state index in [9.17, 15) is 10.2 Å². The van der Waals surface area contributed by atoms with Gasteiger partial charge in [-0.15, -0.1) is 0 Å². The van der Waals surface area contributed by atoms with E-state index in [0.29, 0.717) is 5.92 Å². The van der Waals surface area contributed by atoms with Gasteiger partial charge >= 0.3 is 0 Å². The van der Waals surface area contributed by atoms with Crippen LogP contribution in [-0.4, -0.2) is 35.8 Å². The van der Waals surface area contributed by atoms with Crippen molar-refractivity contribution in [2.75, 3.05) is 20.6 Å². The van der Waals surface area contributed by atoms with Gasteiger partial charge in [0.2, 0.25) is 0 Å². The molecule has 0 fully saturated rings. The Balaban J connectivity index is 2.63. The van der Waals surface area contributed by atoms with Gasteiger partial charge in [0.1, 0.15) is 11.5 Å². The predicted octanol–water partition coefficient (Wildman–Crippen LogP) is 4.38. The quantitative estimate of drug-likeness (QED) is 0.793. The summed E-state index contributed by atoms with van der Waals surface area (Å²) in [6, 6.07) is 15.0. The number of rotatable bonds is 7. The summed E-state index contributed by atoms with van der Waals surface area (Å²) in [6.07, 6.45) is 2.16. The van der Waals surface area contributed by atoms with Crippen molar-refractivity contribution in [1.82, 2.24) is 4.90 Å². The molecule has 130 valence electrons. The van der Waals surface area contributed by atoms with Gasteiger partial charge in [-0.1, -0.05) is 44.5 Å². The molecule has 1 unspecified atom stereocenters. The Bertz CT molecular complexity index is 621. The largest absolute Gasteiger partial charge is 0.508 e. The van der Waals surface area contributed by atoms with Gasteiger partial charge in [0.15, 0.2) is 0 Å². The van der Waals surface area contributed by atoms with Gasteiger partial charge in [0.25, 0.3) is 0 Å². The van der Waals surface area contributed by atoms with Crippen LogP contribution < -0.4 is 0 Å². The Morgan fingerprint density at radius 2 is 1.46 bits per heavy atom. The number of benzene rings is 2. The summed E-state index contributed by atoms with van der Waals surface area (Å²) in [5.41, 5.74) is 1.86. The lowest BCUT2D eigenvalue weighted by Crippen LogP contribution is -2.39. The molecule has 0 spiro atoms. The van der Waals surface area contributed by atoms with Crippen molar-refractivity contribution in [1.29, 1.82) is 0 Å². The zero-order valence-electron chi connectivity index (χ0n) is 15.2. The van der Waals surface area contributed by atoms with Crippen molar-refractivity contribution in [3.8, 4) is 11.5 Å². The molecule has 0 aliphatic carbocycles. The van der Waals surface area contributed by atoms with Crippen molar-refractivity contribution in [3.63, 3.8) is 0 Å². The number of nitrogens with zero attached hydrogens (tertiary/aromatic N) is 1. The maximum absolute atomic E-state index is 10.0. The number of aromatic hydroxyl groups is 2. The van der Waals surface area contributed by atoms with Crippen LogP contribution >= 0.6 is 0 Å². The average molecular weight is 327 g/mol. The maximum atomic E-state index is 10.0. The molecule has 3 nitrogen and oxygen atoms in total. The minimum atomic E-state index is -0.294. The normalized spacial score (nSPS) is 13.2. The van der Waals surface area contributed by atoms with Crippen LogP contribution in [0.2, 0.25) is 0 Å². The molecule has 3 heteroatoms. The minimum Gasteiger partial charge on any atom is -0.508 e. The molecule has 0 radical (unpaired) electrons. The Morgan fingerprint density at radius 3 is 1.83 bits per heavy atom. The molecule has 0 saturated carbocycles. The first kappa shape index (κ1) is 18.3. The summed E-state index contributed by atoms with van der Waals surface area (Å²) in [5, 5.41) is 20.0. The second-order valence-corrected chi connectivity index (χ2v) is 7.05. The number of phenols is 2. The monoisotopic (exact) mass is 327 g/mol. The molecular formula is C21H29NO2. The van der Waals surface area contributed by atoms with Crippen molar-refractivity contribution in [2.45, 2.75) is 32.1 Å². The lowest BCUT2D eigenvalue weighted by atomic mass is 9.65. The van der Waals surface area contributed by atoms with E-state index in [2.05, 4.69) is 45.0 Å². The average Bonchev–Trinajstić information content (AvgIpc) is 2.53. The van der Waals surface area contributed by atoms with Gasteiger partial charge in [-0.05, 0) is 61.8 Å². The number of hydrogen-bond acceptors (Lipinski definition) is 3. The molecule has 0 saturated heterocycles. The lowest BCUT2D eigenvalue weighted by molar-refractivity contribution is 0.235. The van der Waals surface area contributed by atoms with Crippen LogP contribution in [0, 0.1) is 5.92 Å². The second kappa shape index (κ2) is 7.71. The summed E-state index contributed by atoms with van der Waals surface area (Å²) in [4.78, 5) is 2.21. The highest BCUT2D eigenvalue weighted by atomic mass is 16.3. The third-order valence-corrected chi connectivity index (χ3v) is 4.93. The fraction of sp³-hybridized carbons (Fsp3) is 0.429. The molecule has 1 atom stereocenters.